The molecule has 31 heavy (non-hydrogen) atoms. The quantitative estimate of drug-likeness (QED) is 0.731. The van der Waals surface area contributed by atoms with E-state index in [-0.39, 0.29) is 24.4 Å². The van der Waals surface area contributed by atoms with E-state index in [9.17, 15) is 13.2 Å². The minimum absolute atomic E-state index is 0.0628. The van der Waals surface area contributed by atoms with Gasteiger partial charge in [0.2, 0.25) is 10.0 Å². The fourth-order valence-electron chi connectivity index (χ4n) is 3.96. The summed E-state index contributed by atoms with van der Waals surface area (Å²) in [7, 11) is -3.66. The average molecular weight is 440 g/mol. The molecular formula is C24H29N3O3S. The molecule has 1 aliphatic rings. The number of nitrogens with zero attached hydrogens (tertiary/aromatic N) is 3. The highest BCUT2D eigenvalue weighted by Crippen LogP contribution is 2.31. The number of carbonyl (C=O) groups is 1. The number of carbonyl (C=O) groups excluding carboxylic acids is 1. The van der Waals surface area contributed by atoms with Gasteiger partial charge in [0.05, 0.1) is 16.5 Å². The highest BCUT2D eigenvalue weighted by molar-refractivity contribution is 7.89. The summed E-state index contributed by atoms with van der Waals surface area (Å²) in [5, 5.41) is 9.04. The van der Waals surface area contributed by atoms with Crippen LogP contribution in [0.3, 0.4) is 0 Å². The minimum Gasteiger partial charge on any atom is -0.336 e. The van der Waals surface area contributed by atoms with Crippen molar-refractivity contribution in [1.82, 2.24) is 9.21 Å². The third-order valence-electron chi connectivity index (χ3n) is 5.69. The van der Waals surface area contributed by atoms with Crippen molar-refractivity contribution in [2.24, 2.45) is 0 Å². The highest BCUT2D eigenvalue weighted by Gasteiger charge is 2.33. The molecule has 2 aromatic carbocycles. The number of benzene rings is 2. The lowest BCUT2D eigenvalue weighted by Gasteiger charge is -2.35. The second kappa shape index (κ2) is 8.45. The molecule has 1 saturated heterocycles. The van der Waals surface area contributed by atoms with Gasteiger partial charge in [-0.3, -0.25) is 4.79 Å². The van der Waals surface area contributed by atoms with Gasteiger partial charge < -0.3 is 4.90 Å². The molecule has 0 saturated carbocycles. The molecule has 0 N–H and O–H groups in total. The smallest absolute Gasteiger partial charge is 0.253 e. The molecule has 0 aliphatic carbocycles. The minimum atomic E-state index is -3.66. The second-order valence-corrected chi connectivity index (χ2v) is 11.0. The first-order valence-electron chi connectivity index (χ1n) is 10.4. The van der Waals surface area contributed by atoms with Crippen LogP contribution >= 0.6 is 0 Å². The lowest BCUT2D eigenvalue weighted by Crippen LogP contribution is -2.50. The number of nitriles is 1. The Morgan fingerprint density at radius 3 is 2.10 bits per heavy atom. The van der Waals surface area contributed by atoms with Crippen molar-refractivity contribution in [2.75, 3.05) is 26.2 Å². The van der Waals surface area contributed by atoms with Gasteiger partial charge in [0.15, 0.2) is 0 Å². The van der Waals surface area contributed by atoms with E-state index in [1.54, 1.807) is 29.2 Å². The predicted octanol–water partition coefficient (Wildman–Crippen LogP) is 3.62. The van der Waals surface area contributed by atoms with Crippen LogP contribution < -0.4 is 0 Å². The van der Waals surface area contributed by atoms with Crippen molar-refractivity contribution in [3.8, 4) is 6.07 Å². The standard InChI is InChI=1S/C24H29N3O3S/c1-17-13-21(24(3,4)5)14-18(2)22(17)31(29,30)27-11-9-26(10-12-27)23(28)20-8-6-7-19(15-20)16-25/h6-8,13-15H,9-12H2,1-5H3. The summed E-state index contributed by atoms with van der Waals surface area (Å²) >= 11 is 0. The summed E-state index contributed by atoms with van der Waals surface area (Å²) in [5.41, 5.74) is 3.41. The molecule has 1 fully saturated rings. The molecular weight excluding hydrogens is 410 g/mol. The lowest BCUT2D eigenvalue weighted by molar-refractivity contribution is 0.0698. The Hall–Kier alpha value is -2.69. The van der Waals surface area contributed by atoms with Crippen molar-refractivity contribution >= 4 is 15.9 Å². The maximum absolute atomic E-state index is 13.4. The summed E-state index contributed by atoms with van der Waals surface area (Å²) in [4.78, 5) is 14.8. The molecule has 164 valence electrons. The molecule has 1 heterocycles. The van der Waals surface area contributed by atoms with Gasteiger partial charge in [-0.15, -0.1) is 0 Å². The van der Waals surface area contributed by atoms with Crippen LogP contribution in [0.4, 0.5) is 0 Å². The Labute approximate surface area is 185 Å². The molecule has 2 aromatic rings. The maximum atomic E-state index is 13.4. The number of piperazine rings is 1. The first-order valence-corrected chi connectivity index (χ1v) is 11.8. The molecule has 0 bridgehead atoms. The molecule has 1 amide bonds. The summed E-state index contributed by atoms with van der Waals surface area (Å²) in [6.45, 7) is 11.1. The van der Waals surface area contributed by atoms with E-state index in [0.717, 1.165) is 16.7 Å². The van der Waals surface area contributed by atoms with Crippen molar-refractivity contribution < 1.29 is 13.2 Å². The van der Waals surface area contributed by atoms with Crippen LogP contribution in [0.25, 0.3) is 0 Å². The lowest BCUT2D eigenvalue weighted by atomic mass is 9.85. The number of aryl methyl sites for hydroxylation is 2. The topological polar surface area (TPSA) is 81.5 Å². The predicted molar refractivity (Wildman–Crippen MR) is 120 cm³/mol. The number of amides is 1. The van der Waals surface area contributed by atoms with Crippen molar-refractivity contribution in [1.29, 1.82) is 5.26 Å². The summed E-state index contributed by atoms with van der Waals surface area (Å²) < 4.78 is 28.3. The number of hydrogen-bond acceptors (Lipinski definition) is 4. The maximum Gasteiger partial charge on any atom is 0.253 e. The van der Waals surface area contributed by atoms with Crippen LogP contribution in [-0.4, -0.2) is 49.7 Å². The third-order valence-corrected chi connectivity index (χ3v) is 7.89. The van der Waals surface area contributed by atoms with Gasteiger partial charge in [0, 0.05) is 31.7 Å². The van der Waals surface area contributed by atoms with E-state index in [2.05, 4.69) is 20.8 Å². The van der Waals surface area contributed by atoms with Gasteiger partial charge in [-0.25, -0.2) is 8.42 Å². The van der Waals surface area contributed by atoms with E-state index in [0.29, 0.717) is 29.1 Å². The molecule has 7 heteroatoms. The monoisotopic (exact) mass is 439 g/mol. The van der Waals surface area contributed by atoms with Gasteiger partial charge in [0.25, 0.3) is 5.91 Å². The number of rotatable bonds is 3. The van der Waals surface area contributed by atoms with Crippen LogP contribution in [0.15, 0.2) is 41.3 Å². The SMILES string of the molecule is Cc1cc(C(C)(C)C)cc(C)c1S(=O)(=O)N1CCN(C(=O)c2cccc(C#N)c2)CC1. The Morgan fingerprint density at radius 2 is 1.58 bits per heavy atom. The highest BCUT2D eigenvalue weighted by atomic mass is 32.2. The molecule has 3 rings (SSSR count). The zero-order valence-electron chi connectivity index (χ0n) is 18.8. The van der Waals surface area contributed by atoms with E-state index < -0.39 is 10.0 Å². The van der Waals surface area contributed by atoms with Gasteiger partial charge in [-0.2, -0.15) is 9.57 Å². The summed E-state index contributed by atoms with van der Waals surface area (Å²) in [6, 6.07) is 12.5. The van der Waals surface area contributed by atoms with Gasteiger partial charge >= 0.3 is 0 Å². The largest absolute Gasteiger partial charge is 0.336 e. The molecule has 0 radical (unpaired) electrons. The molecule has 0 atom stereocenters. The fourth-order valence-corrected chi connectivity index (χ4v) is 5.79. The van der Waals surface area contributed by atoms with Crippen molar-refractivity contribution in [2.45, 2.75) is 44.9 Å². The molecule has 0 aromatic heterocycles. The van der Waals surface area contributed by atoms with E-state index in [1.165, 1.54) is 4.31 Å². The Morgan fingerprint density at radius 1 is 1.00 bits per heavy atom. The van der Waals surface area contributed by atoms with E-state index in [1.807, 2.05) is 32.0 Å². The Balaban J connectivity index is 1.79. The van der Waals surface area contributed by atoms with Gasteiger partial charge in [-0.05, 0) is 54.2 Å². The number of sulfonamides is 1. The van der Waals surface area contributed by atoms with E-state index >= 15 is 0 Å². The van der Waals surface area contributed by atoms with Gasteiger partial charge in [0.1, 0.15) is 0 Å². The molecule has 6 nitrogen and oxygen atoms in total. The average Bonchev–Trinajstić information content (AvgIpc) is 2.72. The first-order chi connectivity index (χ1) is 14.4. The normalized spacial score (nSPS) is 15.5. The molecule has 1 aliphatic heterocycles. The molecule has 0 unspecified atom stereocenters. The summed E-state index contributed by atoms with van der Waals surface area (Å²) in [6.07, 6.45) is 0. The fraction of sp³-hybridized carbons (Fsp3) is 0.417. The third kappa shape index (κ3) is 4.65. The zero-order valence-corrected chi connectivity index (χ0v) is 19.6. The summed E-state index contributed by atoms with van der Waals surface area (Å²) in [5.74, 6) is -0.184. The number of hydrogen-bond donors (Lipinski definition) is 0. The zero-order chi connectivity index (χ0) is 23.0. The van der Waals surface area contributed by atoms with Crippen LogP contribution in [0.1, 0.15) is 53.4 Å². The van der Waals surface area contributed by atoms with Crippen LogP contribution in [0.5, 0.6) is 0 Å². The van der Waals surface area contributed by atoms with Crippen molar-refractivity contribution in [3.63, 3.8) is 0 Å². The Bertz CT molecular complexity index is 1130. The van der Waals surface area contributed by atoms with E-state index in [4.69, 9.17) is 5.26 Å². The van der Waals surface area contributed by atoms with Crippen LogP contribution in [0.2, 0.25) is 0 Å². The first kappa shape index (κ1) is 23.0. The van der Waals surface area contributed by atoms with Crippen LogP contribution in [0, 0.1) is 25.2 Å². The second-order valence-electron chi connectivity index (χ2n) is 9.08. The van der Waals surface area contributed by atoms with Crippen molar-refractivity contribution in [3.05, 3.63) is 64.2 Å². The molecule has 0 spiro atoms. The van der Waals surface area contributed by atoms with Gasteiger partial charge in [-0.1, -0.05) is 39.0 Å². The Kier molecular flexibility index (Phi) is 6.26. The van der Waals surface area contributed by atoms with Crippen LogP contribution in [-0.2, 0) is 15.4 Å².